The maximum absolute atomic E-state index is 12.3. The third-order valence-corrected chi connectivity index (χ3v) is 1.12. The fraction of sp³-hybridized carbons (Fsp3) is 0. The van der Waals surface area contributed by atoms with Gasteiger partial charge in [0.15, 0.2) is 17.5 Å². The Balaban J connectivity index is 3.21. The standard InChI is InChI=1S/C7H4F3O/c1-11-4-2-5(8)7(10)6(9)3-4/h2-3H,1H2. The second-order valence-corrected chi connectivity index (χ2v) is 1.85. The molecule has 0 amide bonds. The van der Waals surface area contributed by atoms with E-state index < -0.39 is 17.5 Å². The van der Waals surface area contributed by atoms with Crippen molar-refractivity contribution < 1.29 is 17.9 Å². The SMILES string of the molecule is [CH2]Oc1cc(F)c(F)c(F)c1. The molecule has 1 aromatic carbocycles. The number of halogens is 3. The number of benzene rings is 1. The van der Waals surface area contributed by atoms with Crippen molar-refractivity contribution in [2.45, 2.75) is 0 Å². The molecule has 0 aliphatic rings. The zero-order valence-corrected chi connectivity index (χ0v) is 5.40. The van der Waals surface area contributed by atoms with Crippen LogP contribution in [-0.2, 0) is 0 Å². The highest BCUT2D eigenvalue weighted by molar-refractivity contribution is 5.24. The largest absolute Gasteiger partial charge is 0.490 e. The summed E-state index contributed by atoms with van der Waals surface area (Å²) in [5, 5.41) is 0. The number of ether oxygens (including phenoxy) is 1. The summed E-state index contributed by atoms with van der Waals surface area (Å²) in [5.74, 6) is -4.24. The normalized spacial score (nSPS) is 9.82. The van der Waals surface area contributed by atoms with Crippen LogP contribution in [0.1, 0.15) is 0 Å². The molecule has 0 spiro atoms. The van der Waals surface area contributed by atoms with Gasteiger partial charge in [-0.15, -0.1) is 0 Å². The van der Waals surface area contributed by atoms with Gasteiger partial charge in [-0.05, 0) is 0 Å². The molecule has 0 saturated carbocycles. The zero-order valence-electron chi connectivity index (χ0n) is 5.40. The molecular weight excluding hydrogens is 157 g/mol. The van der Waals surface area contributed by atoms with E-state index in [2.05, 4.69) is 11.8 Å². The Bertz CT molecular complexity index is 249. The van der Waals surface area contributed by atoms with Crippen molar-refractivity contribution in [3.05, 3.63) is 36.7 Å². The van der Waals surface area contributed by atoms with Crippen molar-refractivity contribution in [1.29, 1.82) is 0 Å². The van der Waals surface area contributed by atoms with Crippen LogP contribution in [0.15, 0.2) is 12.1 Å². The second kappa shape index (κ2) is 2.82. The average molecular weight is 161 g/mol. The molecule has 1 aromatic rings. The van der Waals surface area contributed by atoms with Crippen molar-refractivity contribution in [3.63, 3.8) is 0 Å². The van der Waals surface area contributed by atoms with E-state index in [1.54, 1.807) is 0 Å². The summed E-state index contributed by atoms with van der Waals surface area (Å²) in [7, 11) is 2.91. The molecule has 0 fully saturated rings. The Labute approximate surface area is 61.4 Å². The Morgan fingerprint density at radius 1 is 1.09 bits per heavy atom. The molecule has 1 radical (unpaired) electrons. The molecule has 0 aliphatic heterocycles. The monoisotopic (exact) mass is 161 g/mol. The Kier molecular flexibility index (Phi) is 2.03. The van der Waals surface area contributed by atoms with Crippen molar-refractivity contribution in [1.82, 2.24) is 0 Å². The van der Waals surface area contributed by atoms with Crippen LogP contribution in [0.3, 0.4) is 0 Å². The fourth-order valence-electron chi connectivity index (χ4n) is 0.616. The summed E-state index contributed by atoms with van der Waals surface area (Å²) < 4.78 is 41.1. The molecule has 0 heterocycles. The minimum atomic E-state index is -1.51. The molecule has 4 heteroatoms. The van der Waals surface area contributed by atoms with E-state index in [9.17, 15) is 13.2 Å². The van der Waals surface area contributed by atoms with E-state index in [1.807, 2.05) is 0 Å². The van der Waals surface area contributed by atoms with Crippen molar-refractivity contribution in [2.24, 2.45) is 0 Å². The first-order chi connectivity index (χ1) is 5.15. The predicted octanol–water partition coefficient (Wildman–Crippen LogP) is 2.27. The second-order valence-electron chi connectivity index (χ2n) is 1.85. The van der Waals surface area contributed by atoms with Crippen LogP contribution in [0.2, 0.25) is 0 Å². The molecule has 1 rings (SSSR count). The molecule has 1 nitrogen and oxygen atoms in total. The van der Waals surface area contributed by atoms with Crippen molar-refractivity contribution in [3.8, 4) is 5.75 Å². The summed E-state index contributed by atoms with van der Waals surface area (Å²) in [4.78, 5) is 0. The van der Waals surface area contributed by atoms with Gasteiger partial charge in [-0.1, -0.05) is 0 Å². The predicted molar refractivity (Wildman–Crippen MR) is 32.3 cm³/mol. The van der Waals surface area contributed by atoms with Crippen molar-refractivity contribution in [2.75, 3.05) is 0 Å². The first kappa shape index (κ1) is 7.91. The van der Waals surface area contributed by atoms with Gasteiger partial charge in [0, 0.05) is 12.1 Å². The maximum Gasteiger partial charge on any atom is 0.194 e. The van der Waals surface area contributed by atoms with Gasteiger partial charge < -0.3 is 4.74 Å². The van der Waals surface area contributed by atoms with E-state index in [0.29, 0.717) is 12.1 Å². The molecular formula is C7H4F3O. The molecule has 0 N–H and O–H groups in total. The summed E-state index contributed by atoms with van der Waals surface area (Å²) in [6.45, 7) is 0. The minimum absolute atomic E-state index is 0.151. The van der Waals surface area contributed by atoms with E-state index in [1.165, 1.54) is 0 Å². The van der Waals surface area contributed by atoms with Gasteiger partial charge in [0.25, 0.3) is 0 Å². The zero-order chi connectivity index (χ0) is 8.43. The lowest BCUT2D eigenvalue weighted by Crippen LogP contribution is -1.91. The van der Waals surface area contributed by atoms with Gasteiger partial charge in [0.1, 0.15) is 12.9 Å². The topological polar surface area (TPSA) is 9.23 Å². The van der Waals surface area contributed by atoms with Crippen LogP contribution in [0.25, 0.3) is 0 Å². The van der Waals surface area contributed by atoms with E-state index in [0.717, 1.165) is 0 Å². The third kappa shape index (κ3) is 1.45. The first-order valence-corrected chi connectivity index (χ1v) is 2.71. The smallest absolute Gasteiger partial charge is 0.194 e. The van der Waals surface area contributed by atoms with Crippen molar-refractivity contribution >= 4 is 0 Å². The summed E-state index contributed by atoms with van der Waals surface area (Å²) in [6, 6.07) is 1.43. The molecule has 0 aromatic heterocycles. The van der Waals surface area contributed by atoms with Gasteiger partial charge in [-0.2, -0.15) is 0 Å². The van der Waals surface area contributed by atoms with E-state index >= 15 is 0 Å². The summed E-state index contributed by atoms with van der Waals surface area (Å²) in [6.07, 6.45) is 0. The minimum Gasteiger partial charge on any atom is -0.490 e. The lowest BCUT2D eigenvalue weighted by atomic mass is 10.3. The maximum atomic E-state index is 12.3. The van der Waals surface area contributed by atoms with Crippen LogP contribution >= 0.6 is 0 Å². The highest BCUT2D eigenvalue weighted by Gasteiger charge is 2.09. The molecule has 11 heavy (non-hydrogen) atoms. The average Bonchev–Trinajstić information content (AvgIpc) is 1.99. The van der Waals surface area contributed by atoms with Gasteiger partial charge in [-0.3, -0.25) is 0 Å². The summed E-state index contributed by atoms with van der Waals surface area (Å²) >= 11 is 0. The molecule has 0 unspecified atom stereocenters. The Morgan fingerprint density at radius 2 is 1.55 bits per heavy atom. The lowest BCUT2D eigenvalue weighted by Gasteiger charge is -1.99. The van der Waals surface area contributed by atoms with Crippen LogP contribution in [0.5, 0.6) is 5.75 Å². The van der Waals surface area contributed by atoms with Crippen LogP contribution in [-0.4, -0.2) is 0 Å². The van der Waals surface area contributed by atoms with Gasteiger partial charge in [0.05, 0.1) is 0 Å². The van der Waals surface area contributed by atoms with Crippen LogP contribution < -0.4 is 4.74 Å². The number of hydrogen-bond acceptors (Lipinski definition) is 1. The van der Waals surface area contributed by atoms with Gasteiger partial charge >= 0.3 is 0 Å². The number of rotatable bonds is 1. The van der Waals surface area contributed by atoms with E-state index in [4.69, 9.17) is 0 Å². The molecule has 0 saturated heterocycles. The number of hydrogen-bond donors (Lipinski definition) is 0. The molecule has 0 atom stereocenters. The Morgan fingerprint density at radius 3 is 1.91 bits per heavy atom. The molecule has 0 aliphatic carbocycles. The fourth-order valence-corrected chi connectivity index (χ4v) is 0.616. The highest BCUT2D eigenvalue weighted by atomic mass is 19.2. The Hall–Kier alpha value is -1.19. The van der Waals surface area contributed by atoms with Crippen LogP contribution in [0, 0.1) is 24.6 Å². The quantitative estimate of drug-likeness (QED) is 0.574. The molecule has 59 valence electrons. The third-order valence-electron chi connectivity index (χ3n) is 1.12. The van der Waals surface area contributed by atoms with Gasteiger partial charge in [-0.25, -0.2) is 13.2 Å². The molecule has 0 bridgehead atoms. The lowest BCUT2D eigenvalue weighted by molar-refractivity contribution is 0.420. The first-order valence-electron chi connectivity index (χ1n) is 2.71. The van der Waals surface area contributed by atoms with Crippen LogP contribution in [0.4, 0.5) is 13.2 Å². The van der Waals surface area contributed by atoms with Gasteiger partial charge in [0.2, 0.25) is 0 Å². The summed E-state index contributed by atoms with van der Waals surface area (Å²) in [5.41, 5.74) is 0. The van der Waals surface area contributed by atoms with E-state index in [-0.39, 0.29) is 5.75 Å². The highest BCUT2D eigenvalue weighted by Crippen LogP contribution is 2.18.